The first-order chi connectivity index (χ1) is 16.7. The van der Waals surface area contributed by atoms with Crippen molar-refractivity contribution in [1.82, 2.24) is 15.2 Å². The Hall–Kier alpha value is -3.46. The van der Waals surface area contributed by atoms with E-state index in [9.17, 15) is 14.4 Å². The number of furan rings is 1. The molecule has 0 radical (unpaired) electrons. The highest BCUT2D eigenvalue weighted by Gasteiger charge is 2.34. The number of anilines is 1. The number of aromatic nitrogens is 1. The number of carbonyl (C=O) groups is 3. The van der Waals surface area contributed by atoms with Gasteiger partial charge in [0.2, 0.25) is 17.7 Å². The number of nitrogens with zero attached hydrogens (tertiary/aromatic N) is 2. The molecule has 35 heavy (non-hydrogen) atoms. The summed E-state index contributed by atoms with van der Waals surface area (Å²) in [5, 5.41) is 8.01. The van der Waals surface area contributed by atoms with Crippen LogP contribution in [-0.4, -0.2) is 33.1 Å². The molecule has 2 N–H and O–H groups in total. The minimum absolute atomic E-state index is 0.0320. The molecule has 2 heterocycles. The number of hydrogen-bond donors (Lipinski definition) is 2. The summed E-state index contributed by atoms with van der Waals surface area (Å²) in [5.41, 5.74) is 1.28. The van der Waals surface area contributed by atoms with Crippen LogP contribution < -0.4 is 10.6 Å². The monoisotopic (exact) mass is 496 g/mol. The SMILES string of the molecule is CCC(C)(C)NC(=O)[C@@H](c1ccc(C)cc1)N(Cc1ccco1)C(=O)CCC(=O)Nc1nccs1. The van der Waals surface area contributed by atoms with E-state index in [0.717, 1.165) is 12.0 Å². The Morgan fingerprint density at radius 1 is 1.14 bits per heavy atom. The summed E-state index contributed by atoms with van der Waals surface area (Å²) in [6.45, 7) is 7.94. The Bertz CT molecular complexity index is 1110. The Morgan fingerprint density at radius 2 is 1.89 bits per heavy atom. The fourth-order valence-corrected chi connectivity index (χ4v) is 3.98. The first-order valence-corrected chi connectivity index (χ1v) is 12.5. The van der Waals surface area contributed by atoms with Crippen LogP contribution in [0.5, 0.6) is 0 Å². The largest absolute Gasteiger partial charge is 0.467 e. The molecule has 2 aromatic heterocycles. The van der Waals surface area contributed by atoms with Crippen molar-refractivity contribution < 1.29 is 18.8 Å². The highest BCUT2D eigenvalue weighted by molar-refractivity contribution is 7.13. The summed E-state index contributed by atoms with van der Waals surface area (Å²) in [5.74, 6) is -0.376. The van der Waals surface area contributed by atoms with E-state index >= 15 is 0 Å². The molecule has 186 valence electrons. The second-order valence-corrected chi connectivity index (χ2v) is 9.92. The quantitative estimate of drug-likeness (QED) is 0.395. The average molecular weight is 497 g/mol. The topological polar surface area (TPSA) is 105 Å². The van der Waals surface area contributed by atoms with E-state index in [0.29, 0.717) is 16.5 Å². The summed E-state index contributed by atoms with van der Waals surface area (Å²) in [6, 6.07) is 10.2. The predicted molar refractivity (Wildman–Crippen MR) is 136 cm³/mol. The van der Waals surface area contributed by atoms with Crippen molar-refractivity contribution in [2.45, 2.75) is 65.1 Å². The van der Waals surface area contributed by atoms with Crippen molar-refractivity contribution in [3.63, 3.8) is 0 Å². The molecular formula is C26H32N4O4S. The number of carbonyl (C=O) groups excluding carboxylic acids is 3. The zero-order chi connectivity index (χ0) is 25.4. The van der Waals surface area contributed by atoms with Gasteiger partial charge in [0.1, 0.15) is 11.8 Å². The van der Waals surface area contributed by atoms with Gasteiger partial charge in [-0.3, -0.25) is 14.4 Å². The lowest BCUT2D eigenvalue weighted by Gasteiger charge is -2.34. The van der Waals surface area contributed by atoms with Gasteiger partial charge in [-0.15, -0.1) is 11.3 Å². The van der Waals surface area contributed by atoms with Gasteiger partial charge in [-0.05, 0) is 44.9 Å². The van der Waals surface area contributed by atoms with Crippen LogP contribution in [0.25, 0.3) is 0 Å². The molecule has 0 saturated carbocycles. The van der Waals surface area contributed by atoms with Gasteiger partial charge in [0.15, 0.2) is 5.13 Å². The van der Waals surface area contributed by atoms with E-state index in [-0.39, 0.29) is 37.1 Å². The van der Waals surface area contributed by atoms with Gasteiger partial charge in [0, 0.05) is 30.0 Å². The molecule has 0 aliphatic rings. The Morgan fingerprint density at radius 3 is 2.49 bits per heavy atom. The van der Waals surface area contributed by atoms with E-state index in [1.54, 1.807) is 23.7 Å². The normalized spacial score (nSPS) is 12.1. The van der Waals surface area contributed by atoms with Crippen LogP contribution in [-0.2, 0) is 20.9 Å². The molecular weight excluding hydrogens is 464 g/mol. The standard InChI is InChI=1S/C26H32N4O4S/c1-5-26(3,4)29-24(33)23(19-10-8-18(2)9-11-19)30(17-20-7-6-15-34-20)22(32)13-12-21(31)28-25-27-14-16-35-25/h6-11,14-16,23H,5,12-13,17H2,1-4H3,(H,29,33)(H,27,28,31)/t23-/m1/s1. The van der Waals surface area contributed by atoms with Crippen molar-refractivity contribution in [2.75, 3.05) is 5.32 Å². The minimum atomic E-state index is -0.888. The maximum Gasteiger partial charge on any atom is 0.247 e. The summed E-state index contributed by atoms with van der Waals surface area (Å²) < 4.78 is 5.51. The van der Waals surface area contributed by atoms with Crippen LogP contribution >= 0.6 is 11.3 Å². The third-order valence-electron chi connectivity index (χ3n) is 5.77. The highest BCUT2D eigenvalue weighted by Crippen LogP contribution is 2.27. The van der Waals surface area contributed by atoms with E-state index in [4.69, 9.17) is 4.42 Å². The summed E-state index contributed by atoms with van der Waals surface area (Å²) in [7, 11) is 0. The summed E-state index contributed by atoms with van der Waals surface area (Å²) in [6.07, 6.45) is 3.75. The summed E-state index contributed by atoms with van der Waals surface area (Å²) in [4.78, 5) is 45.0. The average Bonchev–Trinajstić information content (AvgIpc) is 3.52. The lowest BCUT2D eigenvalue weighted by molar-refractivity contribution is -0.143. The van der Waals surface area contributed by atoms with Crippen molar-refractivity contribution >= 4 is 34.2 Å². The van der Waals surface area contributed by atoms with Crippen LogP contribution in [0.1, 0.15) is 63.0 Å². The zero-order valence-corrected chi connectivity index (χ0v) is 21.4. The molecule has 3 aromatic rings. The number of hydrogen-bond acceptors (Lipinski definition) is 6. The first-order valence-electron chi connectivity index (χ1n) is 11.6. The number of nitrogens with one attached hydrogen (secondary N) is 2. The van der Waals surface area contributed by atoms with E-state index in [1.807, 2.05) is 52.0 Å². The molecule has 3 rings (SSSR count). The molecule has 0 unspecified atom stereocenters. The smallest absolute Gasteiger partial charge is 0.247 e. The Kier molecular flexibility index (Phi) is 8.81. The number of benzene rings is 1. The molecule has 0 aliphatic heterocycles. The maximum absolute atomic E-state index is 13.6. The molecule has 0 bridgehead atoms. The van der Waals surface area contributed by atoms with Gasteiger partial charge < -0.3 is 20.0 Å². The van der Waals surface area contributed by atoms with Gasteiger partial charge in [0.25, 0.3) is 0 Å². The van der Waals surface area contributed by atoms with Crippen LogP contribution in [0, 0.1) is 6.92 Å². The maximum atomic E-state index is 13.6. The molecule has 8 nitrogen and oxygen atoms in total. The van der Waals surface area contributed by atoms with E-state index in [2.05, 4.69) is 15.6 Å². The molecule has 0 saturated heterocycles. The molecule has 0 spiro atoms. The lowest BCUT2D eigenvalue weighted by Crippen LogP contribution is -2.50. The molecule has 3 amide bonds. The van der Waals surface area contributed by atoms with Crippen LogP contribution in [0.2, 0.25) is 0 Å². The van der Waals surface area contributed by atoms with Crippen molar-refractivity contribution in [1.29, 1.82) is 0 Å². The number of aryl methyl sites for hydroxylation is 1. The van der Waals surface area contributed by atoms with Crippen LogP contribution in [0.4, 0.5) is 5.13 Å². The van der Waals surface area contributed by atoms with Gasteiger partial charge in [-0.2, -0.15) is 0 Å². The van der Waals surface area contributed by atoms with Gasteiger partial charge in [-0.25, -0.2) is 4.98 Å². The number of amides is 3. The molecule has 0 aliphatic carbocycles. The molecule has 1 atom stereocenters. The molecule has 0 fully saturated rings. The third kappa shape index (κ3) is 7.51. The number of rotatable bonds is 11. The van der Waals surface area contributed by atoms with Crippen molar-refractivity contribution in [3.05, 3.63) is 71.1 Å². The van der Waals surface area contributed by atoms with E-state index < -0.39 is 11.6 Å². The predicted octanol–water partition coefficient (Wildman–Crippen LogP) is 4.84. The summed E-state index contributed by atoms with van der Waals surface area (Å²) >= 11 is 1.31. The second-order valence-electron chi connectivity index (χ2n) is 9.03. The number of thiazole rings is 1. The fourth-order valence-electron chi connectivity index (χ4n) is 3.44. The minimum Gasteiger partial charge on any atom is -0.467 e. The van der Waals surface area contributed by atoms with Gasteiger partial charge in [0.05, 0.1) is 12.8 Å². The van der Waals surface area contributed by atoms with Crippen LogP contribution in [0.3, 0.4) is 0 Å². The highest BCUT2D eigenvalue weighted by atomic mass is 32.1. The van der Waals surface area contributed by atoms with Gasteiger partial charge >= 0.3 is 0 Å². The Balaban J connectivity index is 1.88. The lowest BCUT2D eigenvalue weighted by atomic mass is 9.97. The second kappa shape index (κ2) is 11.8. The van der Waals surface area contributed by atoms with Crippen molar-refractivity contribution in [2.24, 2.45) is 0 Å². The van der Waals surface area contributed by atoms with E-state index in [1.165, 1.54) is 22.5 Å². The zero-order valence-electron chi connectivity index (χ0n) is 20.5. The van der Waals surface area contributed by atoms with Crippen molar-refractivity contribution in [3.8, 4) is 0 Å². The first kappa shape index (κ1) is 26.2. The molecule has 1 aromatic carbocycles. The van der Waals surface area contributed by atoms with Crippen LogP contribution in [0.15, 0.2) is 58.7 Å². The third-order valence-corrected chi connectivity index (χ3v) is 6.46. The van der Waals surface area contributed by atoms with Gasteiger partial charge in [-0.1, -0.05) is 36.8 Å². The fraction of sp³-hybridized carbons (Fsp3) is 0.385. The Labute approximate surface area is 209 Å². The molecule has 9 heteroatoms.